The number of nitrogens with one attached hydrogen (secondary N) is 2. The van der Waals surface area contributed by atoms with Crippen LogP contribution in [0.2, 0.25) is 0 Å². The number of thiazole rings is 1. The van der Waals surface area contributed by atoms with Gasteiger partial charge in [-0.2, -0.15) is 0 Å². The number of nitrogens with zero attached hydrogens (tertiary/aromatic N) is 1. The molecule has 2 rings (SSSR count). The van der Waals surface area contributed by atoms with Crippen molar-refractivity contribution < 1.29 is 13.2 Å². The van der Waals surface area contributed by atoms with E-state index in [4.69, 9.17) is 0 Å². The van der Waals surface area contributed by atoms with Gasteiger partial charge < -0.3 is 5.32 Å². The third-order valence-electron chi connectivity index (χ3n) is 2.64. The van der Waals surface area contributed by atoms with Crippen molar-refractivity contribution in [2.24, 2.45) is 0 Å². The van der Waals surface area contributed by atoms with E-state index in [9.17, 15) is 13.2 Å². The van der Waals surface area contributed by atoms with Gasteiger partial charge in [-0.25, -0.2) is 18.1 Å². The van der Waals surface area contributed by atoms with Crippen LogP contribution >= 0.6 is 27.3 Å². The van der Waals surface area contributed by atoms with E-state index in [0.717, 1.165) is 4.88 Å². The van der Waals surface area contributed by atoms with Crippen molar-refractivity contribution in [3.05, 3.63) is 39.8 Å². The van der Waals surface area contributed by atoms with E-state index in [2.05, 4.69) is 31.0 Å². The summed E-state index contributed by atoms with van der Waals surface area (Å²) in [6.07, 6.45) is 1.69. The lowest BCUT2D eigenvalue weighted by molar-refractivity contribution is -0.116. The van der Waals surface area contributed by atoms with Gasteiger partial charge in [-0.3, -0.25) is 4.79 Å². The lowest BCUT2D eigenvalue weighted by atomic mass is 10.4. The Morgan fingerprint density at radius 2 is 2.09 bits per heavy atom. The number of aryl methyl sites for hydroxylation is 1. The molecular weight excluding hydrogens is 390 g/mol. The van der Waals surface area contributed by atoms with Crippen LogP contribution in [-0.4, -0.2) is 25.9 Å². The number of halogens is 1. The molecule has 2 N–H and O–H groups in total. The first-order valence-corrected chi connectivity index (χ1v) is 9.44. The maximum absolute atomic E-state index is 12.1. The molecular formula is C13H14BrN3O3S2. The van der Waals surface area contributed by atoms with E-state index in [1.54, 1.807) is 24.4 Å². The van der Waals surface area contributed by atoms with E-state index >= 15 is 0 Å². The Balaban J connectivity index is 1.88. The number of carbonyl (C=O) groups is 1. The molecule has 0 unspecified atom stereocenters. The van der Waals surface area contributed by atoms with Gasteiger partial charge in [0.25, 0.3) is 0 Å². The monoisotopic (exact) mass is 403 g/mol. The molecule has 0 aliphatic rings. The quantitative estimate of drug-likeness (QED) is 0.775. The number of amides is 1. The first kappa shape index (κ1) is 17.1. The summed E-state index contributed by atoms with van der Waals surface area (Å²) >= 11 is 4.56. The van der Waals surface area contributed by atoms with Crippen LogP contribution in [0.4, 0.5) is 5.13 Å². The molecule has 6 nitrogen and oxygen atoms in total. The molecule has 22 heavy (non-hydrogen) atoms. The van der Waals surface area contributed by atoms with Gasteiger partial charge in [-0.05, 0) is 35.0 Å². The van der Waals surface area contributed by atoms with Crippen LogP contribution in [0.15, 0.2) is 39.8 Å². The van der Waals surface area contributed by atoms with Crippen LogP contribution < -0.4 is 10.0 Å². The molecule has 0 aliphatic carbocycles. The first-order chi connectivity index (χ1) is 10.4. The number of sulfonamides is 1. The van der Waals surface area contributed by atoms with Gasteiger partial charge in [-0.15, -0.1) is 11.3 Å². The molecule has 1 aromatic heterocycles. The van der Waals surface area contributed by atoms with Crippen LogP contribution in [0, 0.1) is 6.92 Å². The SMILES string of the molecule is Cc1cnc(NC(=O)CCNS(=O)(=O)c2ccccc2Br)s1. The Morgan fingerprint density at radius 1 is 1.36 bits per heavy atom. The molecule has 0 fully saturated rings. The van der Waals surface area contributed by atoms with Crippen molar-refractivity contribution in [1.82, 2.24) is 9.71 Å². The molecule has 0 atom stereocenters. The Labute approximate surface area is 141 Å². The summed E-state index contributed by atoms with van der Waals surface area (Å²) in [5, 5.41) is 3.13. The lowest BCUT2D eigenvalue weighted by Gasteiger charge is -2.08. The zero-order valence-corrected chi connectivity index (χ0v) is 14.9. The van der Waals surface area contributed by atoms with Crippen LogP contribution in [-0.2, 0) is 14.8 Å². The van der Waals surface area contributed by atoms with E-state index in [0.29, 0.717) is 9.60 Å². The average Bonchev–Trinajstić information content (AvgIpc) is 2.84. The first-order valence-electron chi connectivity index (χ1n) is 6.35. The van der Waals surface area contributed by atoms with Crippen molar-refractivity contribution in [3.8, 4) is 0 Å². The fraction of sp³-hybridized carbons (Fsp3) is 0.231. The van der Waals surface area contributed by atoms with Gasteiger partial charge >= 0.3 is 0 Å². The highest BCUT2D eigenvalue weighted by molar-refractivity contribution is 9.10. The summed E-state index contributed by atoms with van der Waals surface area (Å²) in [5.41, 5.74) is 0. The minimum atomic E-state index is -3.65. The fourth-order valence-corrected chi connectivity index (χ4v) is 4.35. The molecule has 2 aromatic rings. The predicted molar refractivity (Wildman–Crippen MR) is 89.4 cm³/mol. The maximum Gasteiger partial charge on any atom is 0.241 e. The lowest BCUT2D eigenvalue weighted by Crippen LogP contribution is -2.28. The average molecular weight is 404 g/mol. The normalized spacial score (nSPS) is 11.4. The zero-order valence-electron chi connectivity index (χ0n) is 11.7. The highest BCUT2D eigenvalue weighted by atomic mass is 79.9. The van der Waals surface area contributed by atoms with Gasteiger partial charge in [0.1, 0.15) is 0 Å². The van der Waals surface area contributed by atoms with Gasteiger partial charge in [0.05, 0.1) is 4.90 Å². The molecule has 0 spiro atoms. The Bertz CT molecular complexity index is 774. The highest BCUT2D eigenvalue weighted by Gasteiger charge is 2.17. The number of benzene rings is 1. The third kappa shape index (κ3) is 4.60. The Kier molecular flexibility index (Phi) is 5.68. The zero-order chi connectivity index (χ0) is 16.2. The van der Waals surface area contributed by atoms with Gasteiger partial charge in [0, 0.05) is 28.5 Å². The minimum absolute atomic E-state index is 0.0137. The Hall–Kier alpha value is -1.29. The summed E-state index contributed by atoms with van der Waals surface area (Å²) in [5.74, 6) is -0.288. The van der Waals surface area contributed by atoms with Crippen molar-refractivity contribution >= 4 is 48.3 Å². The number of hydrogen-bond donors (Lipinski definition) is 2. The molecule has 0 saturated heterocycles. The van der Waals surface area contributed by atoms with E-state index in [1.807, 2.05) is 6.92 Å². The molecule has 1 aromatic carbocycles. The van der Waals surface area contributed by atoms with E-state index in [1.165, 1.54) is 17.4 Å². The smallest absolute Gasteiger partial charge is 0.241 e. The maximum atomic E-state index is 12.1. The summed E-state index contributed by atoms with van der Waals surface area (Å²) < 4.78 is 27.1. The van der Waals surface area contributed by atoms with Crippen LogP contribution in [0.3, 0.4) is 0 Å². The fourth-order valence-electron chi connectivity index (χ4n) is 1.63. The van der Waals surface area contributed by atoms with Gasteiger partial charge in [-0.1, -0.05) is 12.1 Å². The molecule has 1 heterocycles. The van der Waals surface area contributed by atoms with Gasteiger partial charge in [0.2, 0.25) is 15.9 Å². The van der Waals surface area contributed by atoms with Crippen molar-refractivity contribution in [2.45, 2.75) is 18.2 Å². The predicted octanol–water partition coefficient (Wildman–Crippen LogP) is 2.52. The van der Waals surface area contributed by atoms with Crippen molar-refractivity contribution in [1.29, 1.82) is 0 Å². The number of anilines is 1. The molecule has 1 amide bonds. The number of hydrogen-bond acceptors (Lipinski definition) is 5. The summed E-state index contributed by atoms with van der Waals surface area (Å²) in [6, 6.07) is 6.50. The molecule has 0 radical (unpaired) electrons. The summed E-state index contributed by atoms with van der Waals surface area (Å²) in [6.45, 7) is 1.90. The number of aromatic nitrogens is 1. The highest BCUT2D eigenvalue weighted by Crippen LogP contribution is 2.20. The van der Waals surface area contributed by atoms with E-state index in [-0.39, 0.29) is 23.8 Å². The summed E-state index contributed by atoms with van der Waals surface area (Å²) in [7, 11) is -3.65. The third-order valence-corrected chi connectivity index (χ3v) is 5.94. The van der Waals surface area contributed by atoms with Crippen LogP contribution in [0.5, 0.6) is 0 Å². The molecule has 9 heteroatoms. The minimum Gasteiger partial charge on any atom is -0.302 e. The Morgan fingerprint density at radius 3 is 2.73 bits per heavy atom. The second-order valence-corrected chi connectivity index (χ2v) is 8.23. The van der Waals surface area contributed by atoms with E-state index < -0.39 is 10.0 Å². The number of carbonyl (C=O) groups excluding carboxylic acids is 1. The van der Waals surface area contributed by atoms with Crippen LogP contribution in [0.1, 0.15) is 11.3 Å². The second kappa shape index (κ2) is 7.32. The molecule has 0 aliphatic heterocycles. The van der Waals surface area contributed by atoms with Crippen LogP contribution in [0.25, 0.3) is 0 Å². The number of rotatable bonds is 6. The standard InChI is InChI=1S/C13H14BrN3O3S2/c1-9-8-15-13(21-9)17-12(18)6-7-16-22(19,20)11-5-3-2-4-10(11)14/h2-5,8,16H,6-7H2,1H3,(H,15,17,18). The largest absolute Gasteiger partial charge is 0.302 e. The van der Waals surface area contributed by atoms with Crippen molar-refractivity contribution in [3.63, 3.8) is 0 Å². The molecule has 0 bridgehead atoms. The second-order valence-electron chi connectivity index (χ2n) is 4.40. The van der Waals surface area contributed by atoms with Gasteiger partial charge in [0.15, 0.2) is 5.13 Å². The summed E-state index contributed by atoms with van der Waals surface area (Å²) in [4.78, 5) is 16.9. The van der Waals surface area contributed by atoms with Crippen molar-refractivity contribution in [2.75, 3.05) is 11.9 Å². The molecule has 118 valence electrons. The topological polar surface area (TPSA) is 88.2 Å². The molecule has 0 saturated carbocycles.